The van der Waals surface area contributed by atoms with Crippen LogP contribution < -0.4 is 11.4 Å². The van der Waals surface area contributed by atoms with Gasteiger partial charge in [-0.15, -0.1) is 0 Å². The van der Waals surface area contributed by atoms with Crippen molar-refractivity contribution in [2.75, 3.05) is 20.8 Å². The summed E-state index contributed by atoms with van der Waals surface area (Å²) < 4.78 is 0. The number of hydrogen-bond acceptors (Lipinski definition) is 4. The fourth-order valence-corrected chi connectivity index (χ4v) is 1.32. The van der Waals surface area contributed by atoms with Crippen molar-refractivity contribution < 1.29 is 9.68 Å². The number of hydroxylamine groups is 1. The highest BCUT2D eigenvalue weighted by Gasteiger charge is 1.90. The highest BCUT2D eigenvalue weighted by Crippen LogP contribution is 2.07. The van der Waals surface area contributed by atoms with E-state index in [1.165, 1.54) is 44.9 Å². The van der Waals surface area contributed by atoms with E-state index >= 15 is 0 Å². The molecule has 0 aliphatic heterocycles. The van der Waals surface area contributed by atoms with Gasteiger partial charge in [0.05, 0.1) is 13.7 Å². The molecule has 0 atom stereocenters. The van der Waals surface area contributed by atoms with Crippen LogP contribution in [0, 0.1) is 0 Å². The molecule has 0 aliphatic carbocycles. The maximum atomic E-state index is 4.91. The molecule has 0 radical (unpaired) electrons. The van der Waals surface area contributed by atoms with E-state index in [9.17, 15) is 0 Å². The molecule has 0 amide bonds. The molecule has 0 rings (SSSR count). The molecule has 0 fully saturated rings. The third-order valence-corrected chi connectivity index (χ3v) is 2.32. The minimum atomic E-state index is 0.717. The summed E-state index contributed by atoms with van der Waals surface area (Å²) >= 11 is 0. The molecular formula is C12H30N2O2. The second kappa shape index (κ2) is 20.3. The summed E-state index contributed by atoms with van der Waals surface area (Å²) in [6.45, 7) is 2.97. The Bertz CT molecular complexity index is 91.0. The summed E-state index contributed by atoms with van der Waals surface area (Å²) in [6, 6.07) is 0. The van der Waals surface area contributed by atoms with E-state index < -0.39 is 0 Å². The third kappa shape index (κ3) is 23.6. The van der Waals surface area contributed by atoms with Crippen LogP contribution in [0.25, 0.3) is 0 Å². The highest BCUT2D eigenvalue weighted by molar-refractivity contribution is 4.45. The lowest BCUT2D eigenvalue weighted by molar-refractivity contribution is 0.112. The second-order valence-electron chi connectivity index (χ2n) is 3.75. The monoisotopic (exact) mass is 234 g/mol. The van der Waals surface area contributed by atoms with Crippen LogP contribution in [0.3, 0.4) is 0 Å². The summed E-state index contributed by atoms with van der Waals surface area (Å²) in [4.78, 5) is 8.78. The first-order valence-electron chi connectivity index (χ1n) is 6.34. The molecule has 4 heteroatoms. The van der Waals surface area contributed by atoms with Crippen LogP contribution in [-0.2, 0) is 9.68 Å². The van der Waals surface area contributed by atoms with E-state index in [0.29, 0.717) is 0 Å². The van der Waals surface area contributed by atoms with Crippen molar-refractivity contribution in [1.29, 1.82) is 0 Å². The smallest absolute Gasteiger partial charge is 0.0679 e. The van der Waals surface area contributed by atoms with Crippen molar-refractivity contribution in [2.45, 2.75) is 58.3 Å². The molecule has 0 aromatic rings. The Labute approximate surface area is 101 Å². The number of rotatable bonds is 10. The summed E-state index contributed by atoms with van der Waals surface area (Å²) in [6.07, 6.45) is 10.6. The zero-order valence-electron chi connectivity index (χ0n) is 11.3. The zero-order valence-corrected chi connectivity index (χ0v) is 11.3. The van der Waals surface area contributed by atoms with Gasteiger partial charge in [-0.1, -0.05) is 51.9 Å². The molecule has 0 heterocycles. The SMILES string of the molecule is CCCCCCCCCCON.CNOC. The second-order valence-corrected chi connectivity index (χ2v) is 3.75. The summed E-state index contributed by atoms with van der Waals surface area (Å²) in [5, 5.41) is 0. The maximum absolute atomic E-state index is 4.91. The van der Waals surface area contributed by atoms with Gasteiger partial charge in [-0.05, 0) is 6.42 Å². The Morgan fingerprint density at radius 2 is 1.38 bits per heavy atom. The van der Waals surface area contributed by atoms with Crippen molar-refractivity contribution in [3.63, 3.8) is 0 Å². The van der Waals surface area contributed by atoms with E-state index in [0.717, 1.165) is 13.0 Å². The number of nitrogens with two attached hydrogens (primary N) is 1. The van der Waals surface area contributed by atoms with Crippen LogP contribution in [-0.4, -0.2) is 20.8 Å². The van der Waals surface area contributed by atoms with Crippen LogP contribution in [0.4, 0.5) is 0 Å². The van der Waals surface area contributed by atoms with Gasteiger partial charge in [0.1, 0.15) is 0 Å². The number of nitrogens with one attached hydrogen (secondary N) is 1. The van der Waals surface area contributed by atoms with E-state index in [4.69, 9.17) is 5.90 Å². The van der Waals surface area contributed by atoms with Crippen LogP contribution in [0.15, 0.2) is 0 Å². The zero-order chi connectivity index (χ0) is 12.5. The Balaban J connectivity index is 0. The fraction of sp³-hybridized carbons (Fsp3) is 1.00. The molecule has 0 unspecified atom stereocenters. The molecule has 0 aliphatic rings. The molecule has 100 valence electrons. The molecule has 0 aromatic carbocycles. The van der Waals surface area contributed by atoms with E-state index in [1.807, 2.05) is 0 Å². The van der Waals surface area contributed by atoms with Crippen molar-refractivity contribution in [2.24, 2.45) is 5.90 Å². The van der Waals surface area contributed by atoms with Crippen molar-refractivity contribution >= 4 is 0 Å². The first-order valence-corrected chi connectivity index (χ1v) is 6.34. The Morgan fingerprint density at radius 1 is 0.938 bits per heavy atom. The molecule has 0 aromatic heterocycles. The van der Waals surface area contributed by atoms with E-state index in [-0.39, 0.29) is 0 Å². The first-order chi connectivity index (χ1) is 7.83. The van der Waals surface area contributed by atoms with Gasteiger partial charge in [0.2, 0.25) is 0 Å². The van der Waals surface area contributed by atoms with Crippen LogP contribution in [0.1, 0.15) is 58.3 Å². The lowest BCUT2D eigenvalue weighted by Gasteiger charge is -2.00. The van der Waals surface area contributed by atoms with Crippen LogP contribution in [0.5, 0.6) is 0 Å². The molecule has 0 bridgehead atoms. The molecular weight excluding hydrogens is 204 g/mol. The quantitative estimate of drug-likeness (QED) is 0.451. The summed E-state index contributed by atoms with van der Waals surface area (Å²) in [5.74, 6) is 4.91. The lowest BCUT2D eigenvalue weighted by Crippen LogP contribution is -2.00. The van der Waals surface area contributed by atoms with Crippen molar-refractivity contribution in [3.8, 4) is 0 Å². The average molecular weight is 234 g/mol. The molecule has 0 spiro atoms. The van der Waals surface area contributed by atoms with Gasteiger partial charge in [-0.25, -0.2) is 11.4 Å². The normalized spacial score (nSPS) is 9.75. The number of hydrogen-bond donors (Lipinski definition) is 2. The summed E-state index contributed by atoms with van der Waals surface area (Å²) in [5.41, 5.74) is 2.43. The Hall–Kier alpha value is -0.160. The van der Waals surface area contributed by atoms with Gasteiger partial charge in [0, 0.05) is 7.05 Å². The van der Waals surface area contributed by atoms with Crippen molar-refractivity contribution in [1.82, 2.24) is 5.48 Å². The predicted octanol–water partition coefficient (Wildman–Crippen LogP) is 2.78. The Morgan fingerprint density at radius 3 is 1.75 bits per heavy atom. The maximum Gasteiger partial charge on any atom is 0.0679 e. The molecule has 16 heavy (non-hydrogen) atoms. The first kappa shape index (κ1) is 18.2. The van der Waals surface area contributed by atoms with E-state index in [1.54, 1.807) is 14.2 Å². The van der Waals surface area contributed by atoms with Gasteiger partial charge >= 0.3 is 0 Å². The standard InChI is InChI=1S/C10H23NO.C2H7NO/c1-2-3-4-5-6-7-8-9-10-12-11;1-3-4-2/h2-11H2,1H3;3H,1-2H3. The van der Waals surface area contributed by atoms with E-state index in [2.05, 4.69) is 22.1 Å². The molecule has 0 saturated heterocycles. The number of unbranched alkanes of at least 4 members (excludes halogenated alkanes) is 7. The topological polar surface area (TPSA) is 56.5 Å². The Kier molecular flexibility index (Phi) is 23.1. The van der Waals surface area contributed by atoms with Gasteiger partial charge < -0.3 is 9.68 Å². The van der Waals surface area contributed by atoms with Gasteiger partial charge in [-0.3, -0.25) is 0 Å². The molecule has 0 saturated carbocycles. The lowest BCUT2D eigenvalue weighted by atomic mass is 10.1. The average Bonchev–Trinajstić information content (AvgIpc) is 2.33. The minimum Gasteiger partial charge on any atom is -0.305 e. The predicted molar refractivity (Wildman–Crippen MR) is 68.8 cm³/mol. The van der Waals surface area contributed by atoms with Crippen LogP contribution in [0.2, 0.25) is 0 Å². The fourth-order valence-electron chi connectivity index (χ4n) is 1.32. The van der Waals surface area contributed by atoms with Crippen LogP contribution >= 0.6 is 0 Å². The third-order valence-electron chi connectivity index (χ3n) is 2.32. The van der Waals surface area contributed by atoms with Crippen molar-refractivity contribution in [3.05, 3.63) is 0 Å². The molecule has 4 nitrogen and oxygen atoms in total. The van der Waals surface area contributed by atoms with Gasteiger partial charge in [0.15, 0.2) is 0 Å². The molecule has 3 N–H and O–H groups in total. The van der Waals surface area contributed by atoms with Gasteiger partial charge in [-0.2, -0.15) is 0 Å². The summed E-state index contributed by atoms with van der Waals surface area (Å²) in [7, 11) is 3.28. The largest absolute Gasteiger partial charge is 0.305 e. The minimum absolute atomic E-state index is 0.717. The van der Waals surface area contributed by atoms with Gasteiger partial charge in [0.25, 0.3) is 0 Å². The highest BCUT2D eigenvalue weighted by atomic mass is 16.6.